The van der Waals surface area contributed by atoms with Gasteiger partial charge in [-0.05, 0) is 74.7 Å². The van der Waals surface area contributed by atoms with Crippen molar-refractivity contribution in [1.82, 2.24) is 34.4 Å². The van der Waals surface area contributed by atoms with E-state index in [2.05, 4.69) is 19.9 Å². The average Bonchev–Trinajstić information content (AvgIpc) is 3.54. The topological polar surface area (TPSA) is 124 Å². The number of halogens is 1. The zero-order chi connectivity index (χ0) is 34.1. The largest absolute Gasteiger partial charge is 0.397 e. The van der Waals surface area contributed by atoms with E-state index in [-0.39, 0.29) is 30.0 Å². The molecule has 12 heteroatoms. The van der Waals surface area contributed by atoms with E-state index in [0.29, 0.717) is 68.0 Å². The number of nitrogen functional groups attached to an aromatic ring is 1. The van der Waals surface area contributed by atoms with E-state index in [1.54, 1.807) is 0 Å². The number of aromatic nitrogens is 3. The van der Waals surface area contributed by atoms with Gasteiger partial charge in [-0.15, -0.1) is 5.10 Å². The maximum atomic E-state index is 14.3. The molecule has 5 aliphatic heterocycles. The van der Waals surface area contributed by atoms with Crippen LogP contribution in [0, 0.1) is 11.8 Å². The van der Waals surface area contributed by atoms with Crippen molar-refractivity contribution < 1.29 is 9.59 Å². The summed E-state index contributed by atoms with van der Waals surface area (Å²) in [4.78, 5) is 52.8. The lowest BCUT2D eigenvalue weighted by Crippen LogP contribution is -2.61. The van der Waals surface area contributed by atoms with Crippen molar-refractivity contribution in [2.45, 2.75) is 64.0 Å². The minimum atomic E-state index is -0.500. The van der Waals surface area contributed by atoms with Crippen LogP contribution in [0.5, 0.6) is 0 Å². The van der Waals surface area contributed by atoms with Gasteiger partial charge in [0.2, 0.25) is 11.8 Å². The predicted octanol–water partition coefficient (Wildman–Crippen LogP) is 3.69. The molecular formula is C37H49ClN8O3. The Labute approximate surface area is 293 Å². The number of hydrogen-bond donors (Lipinski definition) is 2. The monoisotopic (exact) mass is 688 g/mol. The first kappa shape index (κ1) is 33.8. The van der Waals surface area contributed by atoms with Crippen molar-refractivity contribution in [2.75, 3.05) is 64.6 Å². The molecule has 2 aromatic carbocycles. The van der Waals surface area contributed by atoms with Crippen LogP contribution in [0.3, 0.4) is 0 Å². The number of benzene rings is 2. The lowest BCUT2D eigenvalue weighted by Gasteiger charge is -2.51. The molecule has 5 aliphatic rings. The van der Waals surface area contributed by atoms with Gasteiger partial charge in [0.15, 0.2) is 5.82 Å². The summed E-state index contributed by atoms with van der Waals surface area (Å²) in [5, 5.41) is 5.08. The second-order valence-electron chi connectivity index (χ2n) is 14.4. The van der Waals surface area contributed by atoms with Crippen LogP contribution >= 0.6 is 11.6 Å². The van der Waals surface area contributed by atoms with Crippen LogP contribution in [0.25, 0.3) is 11.4 Å². The van der Waals surface area contributed by atoms with Crippen LogP contribution in [-0.4, -0.2) is 111 Å². The lowest BCUT2D eigenvalue weighted by atomic mass is 9.83. The summed E-state index contributed by atoms with van der Waals surface area (Å²) in [6, 6.07) is 14.0. The second-order valence-corrected chi connectivity index (χ2v) is 14.8. The third-order valence-corrected chi connectivity index (χ3v) is 11.8. The number of nitrogens with one attached hydrogen (secondary N) is 1. The molecule has 2 amide bonds. The van der Waals surface area contributed by atoms with Crippen molar-refractivity contribution in [3.8, 4) is 11.4 Å². The standard InChI is InChI=1S/C37H49ClN8O3/c1-2-26-20-25(22-31(38)34(26)39)21-29(36(48)45-18-16-43(17-19-45)32-24-42-12-8-27(32)9-13-42)23-33(47)44-14-10-30(11-15-44)46-37(49)40-35(41-46)28-6-4-3-5-7-28/h3-7,20,22,27,29-30,32H,2,8-19,21,23-24,39H2,1H3,(H,40,41,49)/t29-,32?/m0/s1. The van der Waals surface area contributed by atoms with Gasteiger partial charge in [-0.1, -0.05) is 54.9 Å². The fourth-order valence-corrected chi connectivity index (χ4v) is 8.83. The number of carbonyl (C=O) groups excluding carboxylic acids is 2. The summed E-state index contributed by atoms with van der Waals surface area (Å²) in [5.74, 6) is 0.824. The van der Waals surface area contributed by atoms with Crippen LogP contribution in [0.2, 0.25) is 5.02 Å². The molecule has 6 heterocycles. The molecule has 1 aromatic heterocycles. The third-order valence-electron chi connectivity index (χ3n) is 11.5. The summed E-state index contributed by atoms with van der Waals surface area (Å²) in [7, 11) is 0. The second kappa shape index (κ2) is 14.7. The maximum Gasteiger partial charge on any atom is 0.343 e. The van der Waals surface area contributed by atoms with Gasteiger partial charge < -0.3 is 20.4 Å². The van der Waals surface area contributed by atoms with E-state index in [1.165, 1.54) is 30.6 Å². The van der Waals surface area contributed by atoms with Crippen LogP contribution in [-0.2, 0) is 22.4 Å². The fraction of sp³-hybridized carbons (Fsp3) is 0.568. The Balaban J connectivity index is 1.01. The number of nitrogens with zero attached hydrogens (tertiary/aromatic N) is 6. The van der Waals surface area contributed by atoms with E-state index >= 15 is 0 Å². The highest BCUT2D eigenvalue weighted by atomic mass is 35.5. The molecule has 11 nitrogen and oxygen atoms in total. The molecule has 0 saturated carbocycles. The number of aryl methyl sites for hydroxylation is 1. The Morgan fingerprint density at radius 3 is 2.33 bits per heavy atom. The molecule has 2 bridgehead atoms. The minimum Gasteiger partial charge on any atom is -0.397 e. The van der Waals surface area contributed by atoms with Crippen molar-refractivity contribution in [3.63, 3.8) is 0 Å². The first-order valence-electron chi connectivity index (χ1n) is 18.1. The Hall–Kier alpha value is -3.67. The fourth-order valence-electron chi connectivity index (χ4n) is 8.57. The molecule has 3 aromatic rings. The molecule has 2 atom stereocenters. The molecule has 0 radical (unpaired) electrons. The van der Waals surface area contributed by atoms with Gasteiger partial charge in [0.1, 0.15) is 0 Å². The van der Waals surface area contributed by atoms with Gasteiger partial charge >= 0.3 is 5.69 Å². The van der Waals surface area contributed by atoms with E-state index in [4.69, 9.17) is 17.3 Å². The number of nitrogens with two attached hydrogens (primary N) is 1. The first-order valence-corrected chi connectivity index (χ1v) is 18.5. The zero-order valence-corrected chi connectivity index (χ0v) is 29.3. The summed E-state index contributed by atoms with van der Waals surface area (Å²) in [5.41, 5.74) is 9.31. The van der Waals surface area contributed by atoms with Gasteiger partial charge in [0, 0.05) is 63.8 Å². The number of hydrogen-bond acceptors (Lipinski definition) is 7. The lowest BCUT2D eigenvalue weighted by molar-refractivity contribution is -0.143. The Bertz CT molecular complexity index is 1680. The normalized spacial score (nSPS) is 23.9. The SMILES string of the molecule is CCc1cc(C[C@@H](CC(=O)N2CCC(n3nc(-c4ccccc4)[nH]c3=O)CC2)C(=O)N2CCN(C3CN4CCC3CC4)CC2)cc(Cl)c1N. The number of piperazine rings is 1. The molecule has 1 unspecified atom stereocenters. The van der Waals surface area contributed by atoms with Crippen LogP contribution in [0.1, 0.15) is 56.2 Å². The summed E-state index contributed by atoms with van der Waals surface area (Å²) >= 11 is 6.53. The van der Waals surface area contributed by atoms with Gasteiger partial charge in [0.05, 0.1) is 22.7 Å². The van der Waals surface area contributed by atoms with Gasteiger partial charge in [0.25, 0.3) is 0 Å². The molecular weight excluding hydrogens is 640 g/mol. The van der Waals surface area contributed by atoms with E-state index in [1.807, 2.05) is 59.2 Å². The maximum absolute atomic E-state index is 14.3. The quantitative estimate of drug-likeness (QED) is 0.329. The van der Waals surface area contributed by atoms with Crippen LogP contribution in [0.15, 0.2) is 47.3 Å². The Kier molecular flexibility index (Phi) is 10.1. The van der Waals surface area contributed by atoms with Crippen LogP contribution in [0.4, 0.5) is 5.69 Å². The number of aromatic amines is 1. The average molecular weight is 689 g/mol. The highest BCUT2D eigenvalue weighted by Crippen LogP contribution is 2.33. The van der Waals surface area contributed by atoms with E-state index in [9.17, 15) is 14.4 Å². The van der Waals surface area contributed by atoms with Crippen molar-refractivity contribution in [1.29, 1.82) is 0 Å². The van der Waals surface area contributed by atoms with E-state index < -0.39 is 5.92 Å². The molecule has 3 N–H and O–H groups in total. The summed E-state index contributed by atoms with van der Waals surface area (Å²) < 4.78 is 1.53. The van der Waals surface area contributed by atoms with Crippen LogP contribution < -0.4 is 11.4 Å². The summed E-state index contributed by atoms with van der Waals surface area (Å²) in [6.45, 7) is 9.77. The molecule has 49 heavy (non-hydrogen) atoms. The minimum absolute atomic E-state index is 0.0284. The van der Waals surface area contributed by atoms with Crippen molar-refractivity contribution >= 4 is 29.1 Å². The van der Waals surface area contributed by atoms with Gasteiger partial charge in [-0.2, -0.15) is 0 Å². The molecule has 5 saturated heterocycles. The number of likely N-dealkylation sites (tertiary alicyclic amines) is 1. The first-order chi connectivity index (χ1) is 23.8. The molecule has 262 valence electrons. The zero-order valence-electron chi connectivity index (χ0n) is 28.5. The molecule has 5 fully saturated rings. The number of piperidine rings is 4. The number of carbonyl (C=O) groups is 2. The van der Waals surface area contributed by atoms with Gasteiger partial charge in [-0.3, -0.25) is 19.5 Å². The smallest absolute Gasteiger partial charge is 0.343 e. The number of H-pyrrole nitrogens is 1. The Morgan fingerprint density at radius 2 is 1.67 bits per heavy atom. The van der Waals surface area contributed by atoms with Gasteiger partial charge in [-0.25, -0.2) is 9.48 Å². The highest BCUT2D eigenvalue weighted by Gasteiger charge is 2.39. The molecule has 0 aliphatic carbocycles. The Morgan fingerprint density at radius 1 is 0.959 bits per heavy atom. The number of fused-ring (bicyclic) bond motifs is 3. The summed E-state index contributed by atoms with van der Waals surface area (Å²) in [6.07, 6.45) is 5.10. The van der Waals surface area contributed by atoms with E-state index in [0.717, 1.165) is 48.7 Å². The number of amides is 2. The van der Waals surface area contributed by atoms with Crippen molar-refractivity contribution in [2.24, 2.45) is 11.8 Å². The predicted molar refractivity (Wildman–Crippen MR) is 191 cm³/mol. The third kappa shape index (κ3) is 7.30. The number of anilines is 1. The number of rotatable bonds is 9. The molecule has 8 rings (SSSR count). The molecule has 0 spiro atoms. The highest BCUT2D eigenvalue weighted by molar-refractivity contribution is 6.33. The van der Waals surface area contributed by atoms with Crippen molar-refractivity contribution in [3.05, 3.63) is 69.1 Å².